The molecule has 0 saturated carbocycles. The lowest BCUT2D eigenvalue weighted by atomic mass is 10.2. The highest BCUT2D eigenvalue weighted by Gasteiger charge is 2.16. The van der Waals surface area contributed by atoms with Gasteiger partial charge in [-0.3, -0.25) is 10.1 Å². The molecule has 0 radical (unpaired) electrons. The molecule has 5 nitrogen and oxygen atoms in total. The minimum atomic E-state index is -0.428. The maximum Gasteiger partial charge on any atom is 0.291 e. The Morgan fingerprint density at radius 1 is 1.58 bits per heavy atom. The van der Waals surface area contributed by atoms with Gasteiger partial charge in [-0.25, -0.2) is 4.98 Å². The SMILES string of the molecule is Cc1c([N+](=O)[O-])cnc(NCCc2cccs2)c1Br. The van der Waals surface area contributed by atoms with E-state index in [1.807, 2.05) is 11.4 Å². The summed E-state index contributed by atoms with van der Waals surface area (Å²) in [4.78, 5) is 15.7. The molecule has 0 aliphatic heterocycles. The fourth-order valence-corrected chi connectivity index (χ4v) is 2.79. The maximum atomic E-state index is 10.8. The van der Waals surface area contributed by atoms with Gasteiger partial charge in [-0.2, -0.15) is 0 Å². The van der Waals surface area contributed by atoms with E-state index in [0.717, 1.165) is 13.0 Å². The van der Waals surface area contributed by atoms with Crippen LogP contribution in [0.2, 0.25) is 0 Å². The molecule has 1 N–H and O–H groups in total. The minimum Gasteiger partial charge on any atom is -0.369 e. The van der Waals surface area contributed by atoms with E-state index in [1.165, 1.54) is 11.1 Å². The number of hydrogen-bond acceptors (Lipinski definition) is 5. The number of halogens is 1. The number of aromatic nitrogens is 1. The third-order valence-electron chi connectivity index (χ3n) is 2.68. The Hall–Kier alpha value is -1.47. The fraction of sp³-hybridized carbons (Fsp3) is 0.250. The van der Waals surface area contributed by atoms with Crippen LogP contribution in [0.25, 0.3) is 0 Å². The standard InChI is InChI=1S/C12H12BrN3O2S/c1-8-10(16(17)18)7-15-12(11(8)13)14-5-4-9-3-2-6-19-9/h2-3,6-7H,4-5H2,1H3,(H,14,15). The van der Waals surface area contributed by atoms with Crippen LogP contribution in [0.5, 0.6) is 0 Å². The topological polar surface area (TPSA) is 68.1 Å². The van der Waals surface area contributed by atoms with E-state index < -0.39 is 4.92 Å². The van der Waals surface area contributed by atoms with Crippen molar-refractivity contribution in [3.8, 4) is 0 Å². The van der Waals surface area contributed by atoms with E-state index in [2.05, 4.69) is 32.3 Å². The first-order valence-electron chi connectivity index (χ1n) is 5.65. The van der Waals surface area contributed by atoms with Crippen LogP contribution < -0.4 is 5.32 Å². The van der Waals surface area contributed by atoms with Gasteiger partial charge in [0.15, 0.2) is 0 Å². The maximum absolute atomic E-state index is 10.8. The number of anilines is 1. The molecule has 19 heavy (non-hydrogen) atoms. The summed E-state index contributed by atoms with van der Waals surface area (Å²) in [5, 5.41) is 16.0. The number of rotatable bonds is 5. The first kappa shape index (κ1) is 14.0. The molecular weight excluding hydrogens is 330 g/mol. The van der Waals surface area contributed by atoms with E-state index in [1.54, 1.807) is 18.3 Å². The van der Waals surface area contributed by atoms with Gasteiger partial charge >= 0.3 is 0 Å². The molecule has 100 valence electrons. The summed E-state index contributed by atoms with van der Waals surface area (Å²) in [5.41, 5.74) is 0.606. The van der Waals surface area contributed by atoms with Gasteiger partial charge in [0.25, 0.3) is 5.69 Å². The van der Waals surface area contributed by atoms with Crippen LogP contribution in [0, 0.1) is 17.0 Å². The van der Waals surface area contributed by atoms with Crippen molar-refractivity contribution < 1.29 is 4.92 Å². The summed E-state index contributed by atoms with van der Waals surface area (Å²) < 4.78 is 0.646. The Morgan fingerprint density at radius 3 is 3.00 bits per heavy atom. The lowest BCUT2D eigenvalue weighted by molar-refractivity contribution is -0.385. The quantitative estimate of drug-likeness (QED) is 0.663. The third kappa shape index (κ3) is 3.30. The van der Waals surface area contributed by atoms with E-state index in [-0.39, 0.29) is 5.69 Å². The van der Waals surface area contributed by atoms with E-state index in [0.29, 0.717) is 15.9 Å². The van der Waals surface area contributed by atoms with Gasteiger partial charge in [-0.1, -0.05) is 6.07 Å². The summed E-state index contributed by atoms with van der Waals surface area (Å²) >= 11 is 5.06. The van der Waals surface area contributed by atoms with Crippen molar-refractivity contribution in [1.82, 2.24) is 4.98 Å². The van der Waals surface area contributed by atoms with Crippen molar-refractivity contribution >= 4 is 38.8 Å². The van der Waals surface area contributed by atoms with Crippen LogP contribution in [0.3, 0.4) is 0 Å². The number of pyridine rings is 1. The molecule has 2 heterocycles. The van der Waals surface area contributed by atoms with E-state index in [9.17, 15) is 10.1 Å². The highest BCUT2D eigenvalue weighted by atomic mass is 79.9. The summed E-state index contributed by atoms with van der Waals surface area (Å²) in [5.74, 6) is 0.639. The predicted octanol–water partition coefficient (Wildman–Crippen LogP) is 3.78. The molecule has 0 spiro atoms. The molecule has 0 aromatic carbocycles. The van der Waals surface area contributed by atoms with E-state index in [4.69, 9.17) is 0 Å². The van der Waals surface area contributed by atoms with Gasteiger partial charge in [-0.15, -0.1) is 11.3 Å². The normalized spacial score (nSPS) is 10.4. The monoisotopic (exact) mass is 341 g/mol. The van der Waals surface area contributed by atoms with Crippen molar-refractivity contribution in [3.05, 3.63) is 48.7 Å². The Bertz CT molecular complexity index is 587. The summed E-state index contributed by atoms with van der Waals surface area (Å²) in [6.45, 7) is 2.44. The highest BCUT2D eigenvalue weighted by molar-refractivity contribution is 9.10. The molecule has 7 heteroatoms. The molecule has 0 fully saturated rings. The number of nitrogens with zero attached hydrogens (tertiary/aromatic N) is 2. The molecule has 0 amide bonds. The zero-order valence-corrected chi connectivity index (χ0v) is 12.6. The molecule has 0 bridgehead atoms. The second-order valence-corrected chi connectivity index (χ2v) is 5.77. The predicted molar refractivity (Wildman–Crippen MR) is 79.8 cm³/mol. The molecule has 0 unspecified atom stereocenters. The molecule has 0 aliphatic rings. The molecule has 0 saturated heterocycles. The molecule has 2 aromatic rings. The van der Waals surface area contributed by atoms with Crippen LogP contribution in [0.1, 0.15) is 10.4 Å². The summed E-state index contributed by atoms with van der Waals surface area (Å²) in [6, 6.07) is 4.10. The average Bonchev–Trinajstić information content (AvgIpc) is 2.87. The van der Waals surface area contributed by atoms with Crippen LogP contribution in [-0.4, -0.2) is 16.5 Å². The number of hydrogen-bond donors (Lipinski definition) is 1. The van der Waals surface area contributed by atoms with Crippen LogP contribution in [0.4, 0.5) is 11.5 Å². The average molecular weight is 342 g/mol. The van der Waals surface area contributed by atoms with Gasteiger partial charge < -0.3 is 5.32 Å². The van der Waals surface area contributed by atoms with Crippen LogP contribution in [-0.2, 0) is 6.42 Å². The lowest BCUT2D eigenvalue weighted by Gasteiger charge is -2.08. The Morgan fingerprint density at radius 2 is 2.37 bits per heavy atom. The van der Waals surface area contributed by atoms with Crippen molar-refractivity contribution in [1.29, 1.82) is 0 Å². The second-order valence-electron chi connectivity index (χ2n) is 3.94. The Kier molecular flexibility index (Phi) is 4.49. The van der Waals surface area contributed by atoms with Gasteiger partial charge in [0.1, 0.15) is 12.0 Å². The first-order chi connectivity index (χ1) is 9.09. The summed E-state index contributed by atoms with van der Waals surface area (Å²) in [7, 11) is 0. The van der Waals surface area contributed by atoms with Crippen molar-refractivity contribution in [2.45, 2.75) is 13.3 Å². The van der Waals surface area contributed by atoms with Gasteiger partial charge in [0, 0.05) is 17.0 Å². The molecular formula is C12H12BrN3O2S. The zero-order chi connectivity index (χ0) is 13.8. The minimum absolute atomic E-state index is 0.0238. The molecule has 2 rings (SSSR count). The summed E-state index contributed by atoms with van der Waals surface area (Å²) in [6.07, 6.45) is 2.19. The van der Waals surface area contributed by atoms with Gasteiger partial charge in [-0.05, 0) is 40.7 Å². The first-order valence-corrected chi connectivity index (χ1v) is 7.32. The fourth-order valence-electron chi connectivity index (χ4n) is 1.64. The number of nitro groups is 1. The second kappa shape index (κ2) is 6.12. The molecule has 0 atom stereocenters. The lowest BCUT2D eigenvalue weighted by Crippen LogP contribution is -2.07. The van der Waals surface area contributed by atoms with Gasteiger partial charge in [0.05, 0.1) is 9.40 Å². The number of thiophene rings is 1. The van der Waals surface area contributed by atoms with Crippen molar-refractivity contribution in [2.24, 2.45) is 0 Å². The molecule has 0 aliphatic carbocycles. The largest absolute Gasteiger partial charge is 0.369 e. The Balaban J connectivity index is 2.05. The van der Waals surface area contributed by atoms with Crippen molar-refractivity contribution in [2.75, 3.05) is 11.9 Å². The zero-order valence-electron chi connectivity index (χ0n) is 10.2. The van der Waals surface area contributed by atoms with Crippen LogP contribution in [0.15, 0.2) is 28.2 Å². The van der Waals surface area contributed by atoms with Gasteiger partial charge in [0.2, 0.25) is 0 Å². The smallest absolute Gasteiger partial charge is 0.291 e. The number of nitrogens with one attached hydrogen (secondary N) is 1. The molecule has 2 aromatic heterocycles. The van der Waals surface area contributed by atoms with Crippen molar-refractivity contribution in [3.63, 3.8) is 0 Å². The Labute approximate surface area is 123 Å². The highest BCUT2D eigenvalue weighted by Crippen LogP contribution is 2.30. The third-order valence-corrected chi connectivity index (χ3v) is 4.58. The van der Waals surface area contributed by atoms with Crippen LogP contribution >= 0.6 is 27.3 Å². The van der Waals surface area contributed by atoms with E-state index >= 15 is 0 Å².